The number of hydrogen-bond donors (Lipinski definition) is 3. The summed E-state index contributed by atoms with van der Waals surface area (Å²) in [5.41, 5.74) is -2.46. The molecule has 0 spiro atoms. The fourth-order valence-electron chi connectivity index (χ4n) is 4.42. The van der Waals surface area contributed by atoms with Gasteiger partial charge in [0.15, 0.2) is 15.6 Å². The maximum Gasteiger partial charge on any atom is 0.410 e. The van der Waals surface area contributed by atoms with Crippen LogP contribution in [0.4, 0.5) is 4.79 Å². The molecule has 0 radical (unpaired) electrons. The van der Waals surface area contributed by atoms with E-state index in [4.69, 9.17) is 9.15 Å². The maximum absolute atomic E-state index is 13.0. The van der Waals surface area contributed by atoms with Crippen molar-refractivity contribution in [3.8, 4) is 5.75 Å². The maximum atomic E-state index is 13.0. The summed E-state index contributed by atoms with van der Waals surface area (Å²) >= 11 is 0. The van der Waals surface area contributed by atoms with Crippen molar-refractivity contribution in [1.82, 2.24) is 10.2 Å². The van der Waals surface area contributed by atoms with E-state index >= 15 is 0 Å². The van der Waals surface area contributed by atoms with Crippen molar-refractivity contribution >= 4 is 21.8 Å². The average molecular weight is 501 g/mol. The van der Waals surface area contributed by atoms with Crippen molar-refractivity contribution in [2.75, 3.05) is 24.6 Å². The minimum Gasteiger partial charge on any atom is -0.502 e. The van der Waals surface area contributed by atoms with Gasteiger partial charge in [0.05, 0.1) is 23.7 Å². The summed E-state index contributed by atoms with van der Waals surface area (Å²) in [5.74, 6) is -1.76. The van der Waals surface area contributed by atoms with E-state index < -0.39 is 61.9 Å². The van der Waals surface area contributed by atoms with Crippen LogP contribution in [0, 0.1) is 6.92 Å². The van der Waals surface area contributed by atoms with E-state index in [2.05, 4.69) is 5.32 Å². The Kier molecular flexibility index (Phi) is 7.05. The minimum atomic E-state index is -3.46. The highest BCUT2D eigenvalue weighted by atomic mass is 32.2. The van der Waals surface area contributed by atoms with Gasteiger partial charge < -0.3 is 29.6 Å². The Bertz CT molecular complexity index is 1110. The third-order valence-electron chi connectivity index (χ3n) is 6.07. The lowest BCUT2D eigenvalue weighted by atomic mass is 9.72. The first-order chi connectivity index (χ1) is 15.6. The number of amides is 2. The van der Waals surface area contributed by atoms with Crippen LogP contribution in [0.2, 0.25) is 0 Å². The number of carbonyl (C=O) groups is 2. The molecular weight excluding hydrogens is 468 g/mol. The molecule has 1 aromatic rings. The average Bonchev–Trinajstić information content (AvgIpc) is 2.94. The molecule has 12 heteroatoms. The summed E-state index contributed by atoms with van der Waals surface area (Å²) in [7, 11) is -3.46. The molecule has 0 aliphatic carbocycles. The van der Waals surface area contributed by atoms with Crippen molar-refractivity contribution in [3.63, 3.8) is 0 Å². The molecule has 2 fully saturated rings. The molecule has 11 nitrogen and oxygen atoms in total. The molecular formula is C22H32N2O9S. The van der Waals surface area contributed by atoms with Crippen LogP contribution in [-0.2, 0) is 24.8 Å². The fourth-order valence-corrected chi connectivity index (χ4v) is 6.16. The second-order valence-electron chi connectivity index (χ2n) is 10.1. The smallest absolute Gasteiger partial charge is 0.410 e. The zero-order valence-electron chi connectivity index (χ0n) is 19.8. The molecule has 2 unspecified atom stereocenters. The Morgan fingerprint density at radius 3 is 2.41 bits per heavy atom. The summed E-state index contributed by atoms with van der Waals surface area (Å²) in [6, 6.07) is 0.192. The van der Waals surface area contributed by atoms with Crippen LogP contribution in [0.3, 0.4) is 0 Å². The molecule has 2 aliphatic heterocycles. The zero-order valence-corrected chi connectivity index (χ0v) is 20.6. The lowest BCUT2D eigenvalue weighted by Gasteiger charge is -2.41. The second kappa shape index (κ2) is 9.21. The largest absolute Gasteiger partial charge is 0.502 e. The molecule has 2 aliphatic rings. The molecule has 3 heterocycles. The van der Waals surface area contributed by atoms with Gasteiger partial charge in [-0.25, -0.2) is 13.2 Å². The predicted octanol–water partition coefficient (Wildman–Crippen LogP) is 0.587. The molecule has 0 saturated carbocycles. The number of sulfone groups is 1. The number of aryl methyl sites for hydroxylation is 1. The standard InChI is InChI=1S/C22H32N2O9S/c1-13-9-15(25)18(28)19(32-13)22(5-7-24(8-6-22)20(29)33-21(2,3)4)10-17(27)23-14-11-34(30,31)12-16(14)26/h9,14,16,26,28H,5-8,10-12H2,1-4H3,(H,23,27). The molecule has 0 bridgehead atoms. The highest BCUT2D eigenvalue weighted by molar-refractivity contribution is 7.91. The van der Waals surface area contributed by atoms with E-state index in [1.165, 1.54) is 4.90 Å². The first-order valence-corrected chi connectivity index (χ1v) is 12.9. The van der Waals surface area contributed by atoms with Crippen LogP contribution < -0.4 is 10.7 Å². The Hall–Kier alpha value is -2.60. The molecule has 1 aromatic heterocycles. The van der Waals surface area contributed by atoms with Gasteiger partial charge in [-0.2, -0.15) is 0 Å². The van der Waals surface area contributed by atoms with Crippen molar-refractivity contribution in [3.05, 3.63) is 27.8 Å². The van der Waals surface area contributed by atoms with E-state index in [1.807, 2.05) is 0 Å². The normalized spacial score (nSPS) is 24.0. The van der Waals surface area contributed by atoms with E-state index in [-0.39, 0.29) is 49.6 Å². The first-order valence-electron chi connectivity index (χ1n) is 11.1. The summed E-state index contributed by atoms with van der Waals surface area (Å²) < 4.78 is 34.7. The van der Waals surface area contributed by atoms with Gasteiger partial charge in [-0.3, -0.25) is 9.59 Å². The predicted molar refractivity (Wildman–Crippen MR) is 121 cm³/mol. The SMILES string of the molecule is Cc1cc(=O)c(O)c(C2(CC(=O)NC3CS(=O)(=O)CC3O)CCN(C(=O)OC(C)(C)C)CC2)o1. The molecule has 3 N–H and O–H groups in total. The first kappa shape index (κ1) is 26.0. The quantitative estimate of drug-likeness (QED) is 0.537. The fraction of sp³-hybridized carbons (Fsp3) is 0.682. The summed E-state index contributed by atoms with van der Waals surface area (Å²) in [6.07, 6.45) is -1.60. The third-order valence-corrected chi connectivity index (χ3v) is 7.78. The van der Waals surface area contributed by atoms with Crippen LogP contribution >= 0.6 is 0 Å². The number of hydrogen-bond acceptors (Lipinski definition) is 9. The van der Waals surface area contributed by atoms with Gasteiger partial charge in [-0.15, -0.1) is 0 Å². The topological polar surface area (TPSA) is 163 Å². The van der Waals surface area contributed by atoms with Gasteiger partial charge in [0, 0.05) is 31.0 Å². The molecule has 34 heavy (non-hydrogen) atoms. The van der Waals surface area contributed by atoms with Crippen LogP contribution in [0.15, 0.2) is 15.3 Å². The zero-order chi connectivity index (χ0) is 25.5. The van der Waals surface area contributed by atoms with Crippen LogP contribution in [-0.4, -0.2) is 77.9 Å². The number of ether oxygens (including phenoxy) is 1. The number of nitrogens with one attached hydrogen (secondary N) is 1. The summed E-state index contributed by atoms with van der Waals surface area (Å²) in [6.45, 7) is 7.16. The highest BCUT2D eigenvalue weighted by Crippen LogP contribution is 2.42. The number of piperidine rings is 1. The molecule has 2 amide bonds. The molecule has 0 aromatic carbocycles. The second-order valence-corrected chi connectivity index (χ2v) is 12.3. The van der Waals surface area contributed by atoms with Gasteiger partial charge in [0.25, 0.3) is 0 Å². The molecule has 3 rings (SSSR count). The van der Waals surface area contributed by atoms with Crippen LogP contribution in [0.25, 0.3) is 0 Å². The third kappa shape index (κ3) is 5.90. The van der Waals surface area contributed by atoms with Gasteiger partial charge in [0.2, 0.25) is 17.1 Å². The number of aromatic hydroxyl groups is 1. The Morgan fingerprint density at radius 2 is 1.88 bits per heavy atom. The molecule has 2 saturated heterocycles. The minimum absolute atomic E-state index is 0.0453. The van der Waals surface area contributed by atoms with Gasteiger partial charge in [0.1, 0.15) is 11.4 Å². The van der Waals surface area contributed by atoms with Gasteiger partial charge in [-0.05, 0) is 40.5 Å². The number of aliphatic hydroxyl groups is 1. The monoisotopic (exact) mass is 500 g/mol. The van der Waals surface area contributed by atoms with Gasteiger partial charge >= 0.3 is 6.09 Å². The lowest BCUT2D eigenvalue weighted by molar-refractivity contribution is -0.124. The molecule has 190 valence electrons. The van der Waals surface area contributed by atoms with E-state index in [9.17, 15) is 33.0 Å². The Balaban J connectivity index is 1.85. The highest BCUT2D eigenvalue weighted by Gasteiger charge is 2.45. The van der Waals surface area contributed by atoms with E-state index in [0.29, 0.717) is 0 Å². The molecule has 2 atom stereocenters. The number of nitrogens with zero attached hydrogens (tertiary/aromatic N) is 1. The lowest BCUT2D eigenvalue weighted by Crippen LogP contribution is -2.50. The number of rotatable bonds is 4. The van der Waals surface area contributed by atoms with Crippen molar-refractivity contribution in [2.45, 2.75) is 70.1 Å². The van der Waals surface area contributed by atoms with E-state index in [1.54, 1.807) is 27.7 Å². The summed E-state index contributed by atoms with van der Waals surface area (Å²) in [5, 5.41) is 23.1. The number of carbonyl (C=O) groups excluding carboxylic acids is 2. The van der Waals surface area contributed by atoms with Crippen LogP contribution in [0.1, 0.15) is 51.6 Å². The summed E-state index contributed by atoms with van der Waals surface area (Å²) in [4.78, 5) is 39.2. The number of aliphatic hydroxyl groups excluding tert-OH is 1. The number of likely N-dealkylation sites (tertiary alicyclic amines) is 1. The van der Waals surface area contributed by atoms with Crippen LogP contribution in [0.5, 0.6) is 5.75 Å². The Labute approximate surface area is 198 Å². The van der Waals surface area contributed by atoms with E-state index in [0.717, 1.165) is 6.07 Å². The Morgan fingerprint density at radius 1 is 1.26 bits per heavy atom. The van der Waals surface area contributed by atoms with Crippen molar-refractivity contribution in [2.24, 2.45) is 0 Å². The van der Waals surface area contributed by atoms with Gasteiger partial charge in [-0.1, -0.05) is 0 Å². The van der Waals surface area contributed by atoms with Crippen molar-refractivity contribution in [1.29, 1.82) is 0 Å². The van der Waals surface area contributed by atoms with Crippen molar-refractivity contribution < 1.29 is 37.4 Å².